The number of H-pyrrole nitrogens is 1. The molecule has 2 aromatic heterocycles. The number of nitrogens with one attached hydrogen (secondary N) is 1. The molecule has 0 aliphatic heterocycles. The first-order valence-corrected chi connectivity index (χ1v) is 12.6. The van der Waals surface area contributed by atoms with Crippen molar-refractivity contribution in [1.29, 1.82) is 0 Å². The lowest BCUT2D eigenvalue weighted by molar-refractivity contribution is -0.137. The Morgan fingerprint density at radius 3 is 2.25 bits per heavy atom. The molecule has 1 atom stereocenters. The van der Waals surface area contributed by atoms with E-state index >= 15 is 0 Å². The molecule has 2 nitrogen and oxygen atoms in total. The summed E-state index contributed by atoms with van der Waals surface area (Å²) in [6.07, 6.45) is -3.31. The predicted octanol–water partition coefficient (Wildman–Crippen LogP) is 8.23. The summed E-state index contributed by atoms with van der Waals surface area (Å²) in [6, 6.07) is 24.8. The van der Waals surface area contributed by atoms with E-state index in [2.05, 4.69) is 17.1 Å². The Bertz CT molecular complexity index is 1540. The van der Waals surface area contributed by atoms with Crippen LogP contribution in [-0.2, 0) is 19.0 Å². The maximum Gasteiger partial charge on any atom is 0.416 e. The SMILES string of the molecule is O=c1cc(CCc2ccc(C(F)(F)F)cc2)c2cc(C(c3ccc(Cl)cc3)c3cccs3)ccc2[nH]1. The van der Waals surface area contributed by atoms with E-state index in [4.69, 9.17) is 11.6 Å². The van der Waals surface area contributed by atoms with Crippen LogP contribution < -0.4 is 5.56 Å². The van der Waals surface area contributed by atoms with Gasteiger partial charge in [0.1, 0.15) is 0 Å². The van der Waals surface area contributed by atoms with Gasteiger partial charge in [0, 0.05) is 32.8 Å². The van der Waals surface area contributed by atoms with E-state index < -0.39 is 11.7 Å². The van der Waals surface area contributed by atoms with Gasteiger partial charge in [0.2, 0.25) is 5.56 Å². The molecule has 2 heterocycles. The summed E-state index contributed by atoms with van der Waals surface area (Å²) in [7, 11) is 0. The van der Waals surface area contributed by atoms with Crippen LogP contribution in [0.4, 0.5) is 13.2 Å². The van der Waals surface area contributed by atoms with Crippen LogP contribution in [0.5, 0.6) is 0 Å². The number of halogens is 4. The molecule has 0 saturated carbocycles. The van der Waals surface area contributed by atoms with E-state index in [0.717, 1.165) is 45.3 Å². The predicted molar refractivity (Wildman–Crippen MR) is 140 cm³/mol. The van der Waals surface area contributed by atoms with Crippen molar-refractivity contribution in [3.05, 3.63) is 138 Å². The summed E-state index contributed by atoms with van der Waals surface area (Å²) >= 11 is 7.81. The first-order chi connectivity index (χ1) is 17.3. The van der Waals surface area contributed by atoms with Crippen LogP contribution in [-0.4, -0.2) is 4.98 Å². The van der Waals surface area contributed by atoms with E-state index in [9.17, 15) is 18.0 Å². The van der Waals surface area contributed by atoms with Crippen molar-refractivity contribution in [1.82, 2.24) is 4.98 Å². The van der Waals surface area contributed by atoms with Gasteiger partial charge in [-0.1, -0.05) is 48.0 Å². The molecule has 0 bridgehead atoms. The van der Waals surface area contributed by atoms with Crippen molar-refractivity contribution >= 4 is 33.8 Å². The average Bonchev–Trinajstić information content (AvgIpc) is 3.38. The Morgan fingerprint density at radius 2 is 1.58 bits per heavy atom. The van der Waals surface area contributed by atoms with Crippen LogP contribution in [0, 0.1) is 0 Å². The van der Waals surface area contributed by atoms with Crippen molar-refractivity contribution in [3.63, 3.8) is 0 Å². The molecule has 0 spiro atoms. The number of alkyl halides is 3. The molecule has 0 radical (unpaired) electrons. The molecule has 1 unspecified atom stereocenters. The van der Waals surface area contributed by atoms with Crippen molar-refractivity contribution in [3.8, 4) is 0 Å². The number of rotatable bonds is 6. The van der Waals surface area contributed by atoms with Gasteiger partial charge in [-0.25, -0.2) is 0 Å². The molecule has 3 aromatic carbocycles. The van der Waals surface area contributed by atoms with Gasteiger partial charge < -0.3 is 4.98 Å². The van der Waals surface area contributed by atoms with E-state index in [1.165, 1.54) is 17.0 Å². The normalized spacial score (nSPS) is 12.7. The minimum Gasteiger partial charge on any atom is -0.322 e. The standard InChI is InChI=1S/C29H21ClF3NOS/c30-23-12-7-19(8-13-23)28(26-2-1-15-36-26)21-9-14-25-24(16-21)20(17-27(35)34-25)6-3-18-4-10-22(11-5-18)29(31,32)33/h1-2,4-5,7-17,28H,3,6H2,(H,34,35). The highest BCUT2D eigenvalue weighted by molar-refractivity contribution is 7.10. The highest BCUT2D eigenvalue weighted by Gasteiger charge is 2.29. The number of aryl methyl sites for hydroxylation is 2. The molecule has 1 N–H and O–H groups in total. The largest absolute Gasteiger partial charge is 0.416 e. The second-order valence-corrected chi connectivity index (χ2v) is 10.1. The summed E-state index contributed by atoms with van der Waals surface area (Å²) in [6.45, 7) is 0. The number of fused-ring (bicyclic) bond motifs is 1. The fraction of sp³-hybridized carbons (Fsp3) is 0.138. The number of pyridine rings is 1. The molecule has 5 aromatic rings. The first-order valence-electron chi connectivity index (χ1n) is 11.4. The maximum atomic E-state index is 12.9. The van der Waals surface area contributed by atoms with E-state index in [-0.39, 0.29) is 11.5 Å². The van der Waals surface area contributed by atoms with Gasteiger partial charge in [-0.3, -0.25) is 4.79 Å². The van der Waals surface area contributed by atoms with Gasteiger partial charge in [0.05, 0.1) is 5.56 Å². The zero-order chi connectivity index (χ0) is 25.3. The van der Waals surface area contributed by atoms with Crippen LogP contribution in [0.3, 0.4) is 0 Å². The van der Waals surface area contributed by atoms with E-state index in [1.807, 2.05) is 47.8 Å². The Labute approximate surface area is 215 Å². The molecule has 5 rings (SSSR count). The lowest BCUT2D eigenvalue weighted by atomic mass is 9.88. The number of benzene rings is 3. The molecule has 7 heteroatoms. The highest BCUT2D eigenvalue weighted by atomic mass is 35.5. The molecule has 0 aliphatic rings. The Kier molecular flexibility index (Phi) is 6.73. The number of aromatic amines is 1. The van der Waals surface area contributed by atoms with Crippen LogP contribution in [0.25, 0.3) is 10.9 Å². The third kappa shape index (κ3) is 5.25. The zero-order valence-corrected chi connectivity index (χ0v) is 20.6. The third-order valence-electron chi connectivity index (χ3n) is 6.28. The number of hydrogen-bond acceptors (Lipinski definition) is 2. The van der Waals surface area contributed by atoms with Gasteiger partial charge in [-0.2, -0.15) is 13.2 Å². The zero-order valence-electron chi connectivity index (χ0n) is 19.0. The molecular formula is C29H21ClF3NOS. The first kappa shape index (κ1) is 24.3. The maximum absolute atomic E-state index is 12.9. The minimum absolute atomic E-state index is 0.00126. The fourth-order valence-electron chi connectivity index (χ4n) is 4.50. The summed E-state index contributed by atoms with van der Waals surface area (Å²) in [5, 5.41) is 3.64. The lowest BCUT2D eigenvalue weighted by Crippen LogP contribution is -2.09. The molecule has 0 saturated heterocycles. The Hall–Kier alpha value is -3.35. The van der Waals surface area contributed by atoms with Crippen LogP contribution in [0.1, 0.15) is 38.6 Å². The second kappa shape index (κ2) is 9.96. The van der Waals surface area contributed by atoms with Gasteiger partial charge in [0.25, 0.3) is 0 Å². The van der Waals surface area contributed by atoms with Gasteiger partial charge in [-0.05, 0) is 82.9 Å². The average molecular weight is 524 g/mol. The molecule has 0 aliphatic carbocycles. The highest BCUT2D eigenvalue weighted by Crippen LogP contribution is 2.36. The van der Waals surface area contributed by atoms with Crippen molar-refractivity contribution in [2.45, 2.75) is 24.9 Å². The summed E-state index contributed by atoms with van der Waals surface area (Å²) < 4.78 is 38.7. The van der Waals surface area contributed by atoms with Crippen molar-refractivity contribution < 1.29 is 13.2 Å². The fourth-order valence-corrected chi connectivity index (χ4v) is 5.50. The van der Waals surface area contributed by atoms with Gasteiger partial charge >= 0.3 is 6.18 Å². The van der Waals surface area contributed by atoms with E-state index in [0.29, 0.717) is 17.9 Å². The van der Waals surface area contributed by atoms with Crippen LogP contribution in [0.15, 0.2) is 95.1 Å². The number of aromatic nitrogens is 1. The molecule has 36 heavy (non-hydrogen) atoms. The summed E-state index contributed by atoms with van der Waals surface area (Å²) in [5.74, 6) is 0.00126. The van der Waals surface area contributed by atoms with Gasteiger partial charge in [-0.15, -0.1) is 11.3 Å². The van der Waals surface area contributed by atoms with E-state index in [1.54, 1.807) is 17.4 Å². The summed E-state index contributed by atoms with van der Waals surface area (Å²) in [4.78, 5) is 16.4. The molecule has 0 amide bonds. The third-order valence-corrected chi connectivity index (χ3v) is 7.47. The monoisotopic (exact) mass is 523 g/mol. The topological polar surface area (TPSA) is 32.9 Å². The summed E-state index contributed by atoms with van der Waals surface area (Å²) in [5.41, 5.74) is 3.69. The molecular weight excluding hydrogens is 503 g/mol. The Balaban J connectivity index is 1.51. The smallest absolute Gasteiger partial charge is 0.322 e. The van der Waals surface area contributed by atoms with Crippen molar-refractivity contribution in [2.24, 2.45) is 0 Å². The second-order valence-electron chi connectivity index (χ2n) is 8.66. The van der Waals surface area contributed by atoms with Gasteiger partial charge in [0.15, 0.2) is 0 Å². The molecule has 0 fully saturated rings. The van der Waals surface area contributed by atoms with Crippen molar-refractivity contribution in [2.75, 3.05) is 0 Å². The Morgan fingerprint density at radius 1 is 0.861 bits per heavy atom. The van der Waals surface area contributed by atoms with Crippen LogP contribution >= 0.6 is 22.9 Å². The number of hydrogen-bond donors (Lipinski definition) is 1. The van der Waals surface area contributed by atoms with Crippen LogP contribution in [0.2, 0.25) is 5.02 Å². The number of thiophene rings is 1. The molecule has 182 valence electrons. The quantitative estimate of drug-likeness (QED) is 0.239. The minimum atomic E-state index is -4.36. The lowest BCUT2D eigenvalue weighted by Gasteiger charge is -2.18.